The third kappa shape index (κ3) is 4.67. The number of carbonyl (C=O) groups excluding carboxylic acids is 3. The van der Waals surface area contributed by atoms with E-state index in [1.807, 2.05) is 57.6 Å². The first-order valence-electron chi connectivity index (χ1n) is 10.0. The van der Waals surface area contributed by atoms with E-state index in [1.54, 1.807) is 16.2 Å². The van der Waals surface area contributed by atoms with Crippen LogP contribution in [0.2, 0.25) is 0 Å². The van der Waals surface area contributed by atoms with Gasteiger partial charge in [0.1, 0.15) is 0 Å². The van der Waals surface area contributed by atoms with Crippen molar-refractivity contribution >= 4 is 29.1 Å². The monoisotopic (exact) mass is 411 g/mol. The topological polar surface area (TPSA) is 60.9 Å². The molecular weight excluding hydrogens is 386 g/mol. The molecule has 1 unspecified atom stereocenters. The van der Waals surface area contributed by atoms with Gasteiger partial charge in [-0.25, -0.2) is 0 Å². The summed E-state index contributed by atoms with van der Waals surface area (Å²) in [6.45, 7) is 3.23. The van der Waals surface area contributed by atoms with Gasteiger partial charge in [0.2, 0.25) is 17.7 Å². The van der Waals surface area contributed by atoms with Crippen molar-refractivity contribution in [1.29, 1.82) is 0 Å². The van der Waals surface area contributed by atoms with Crippen LogP contribution in [-0.4, -0.2) is 65.1 Å². The van der Waals surface area contributed by atoms with Crippen molar-refractivity contribution < 1.29 is 14.4 Å². The molecule has 3 amide bonds. The fourth-order valence-electron chi connectivity index (χ4n) is 4.00. The van der Waals surface area contributed by atoms with Crippen LogP contribution in [0.3, 0.4) is 0 Å². The zero-order valence-electron chi connectivity index (χ0n) is 16.3. The molecule has 2 aliphatic rings. The van der Waals surface area contributed by atoms with Crippen LogP contribution >= 0.6 is 11.3 Å². The minimum atomic E-state index is -0.278. The summed E-state index contributed by atoms with van der Waals surface area (Å²) < 4.78 is 0. The zero-order chi connectivity index (χ0) is 20.2. The lowest BCUT2D eigenvalue weighted by Gasteiger charge is -2.36. The van der Waals surface area contributed by atoms with E-state index < -0.39 is 0 Å². The molecule has 0 N–H and O–H groups in total. The van der Waals surface area contributed by atoms with Crippen LogP contribution in [0.1, 0.15) is 16.9 Å². The van der Waals surface area contributed by atoms with E-state index in [1.165, 1.54) is 0 Å². The molecule has 29 heavy (non-hydrogen) atoms. The highest BCUT2D eigenvalue weighted by atomic mass is 32.1. The molecule has 1 aromatic heterocycles. The molecule has 7 heteroatoms. The second-order valence-electron chi connectivity index (χ2n) is 7.62. The van der Waals surface area contributed by atoms with Crippen LogP contribution < -0.4 is 0 Å². The Balaban J connectivity index is 1.27. The molecule has 0 radical (unpaired) electrons. The Kier molecular flexibility index (Phi) is 5.94. The molecular formula is C22H25N3O3S. The number of nitrogens with zero attached hydrogens (tertiary/aromatic N) is 3. The van der Waals surface area contributed by atoms with Gasteiger partial charge in [0.25, 0.3) is 0 Å². The predicted molar refractivity (Wildman–Crippen MR) is 111 cm³/mol. The van der Waals surface area contributed by atoms with Gasteiger partial charge < -0.3 is 14.7 Å². The summed E-state index contributed by atoms with van der Waals surface area (Å²) in [6, 6.07) is 13.8. The minimum Gasteiger partial charge on any atom is -0.339 e. The van der Waals surface area contributed by atoms with Crippen LogP contribution in [0, 0.1) is 5.92 Å². The summed E-state index contributed by atoms with van der Waals surface area (Å²) in [5.41, 5.74) is 1.08. The van der Waals surface area contributed by atoms with E-state index in [-0.39, 0.29) is 30.1 Å². The van der Waals surface area contributed by atoms with Gasteiger partial charge in [-0.2, -0.15) is 0 Å². The molecule has 1 atom stereocenters. The number of carbonyl (C=O) groups is 3. The molecule has 0 spiro atoms. The molecule has 152 valence electrons. The van der Waals surface area contributed by atoms with Gasteiger partial charge >= 0.3 is 0 Å². The Morgan fingerprint density at radius 1 is 0.966 bits per heavy atom. The summed E-state index contributed by atoms with van der Waals surface area (Å²) in [5.74, 6) is -0.0829. The second-order valence-corrected chi connectivity index (χ2v) is 8.66. The summed E-state index contributed by atoms with van der Waals surface area (Å²) >= 11 is 1.59. The number of hydrogen-bond donors (Lipinski definition) is 0. The highest BCUT2D eigenvalue weighted by Crippen LogP contribution is 2.23. The van der Waals surface area contributed by atoms with Gasteiger partial charge in [-0.1, -0.05) is 36.4 Å². The average molecular weight is 412 g/mol. The first kappa shape index (κ1) is 19.6. The van der Waals surface area contributed by atoms with E-state index in [2.05, 4.69) is 0 Å². The Labute approximate surface area is 174 Å². The van der Waals surface area contributed by atoms with Crippen LogP contribution in [-0.2, 0) is 27.3 Å². The number of thiophene rings is 1. The lowest BCUT2D eigenvalue weighted by molar-refractivity contribution is -0.141. The number of amides is 3. The first-order valence-corrected chi connectivity index (χ1v) is 10.9. The van der Waals surface area contributed by atoms with Crippen molar-refractivity contribution in [3.8, 4) is 0 Å². The number of likely N-dealkylation sites (tertiary alicyclic amines) is 1. The average Bonchev–Trinajstić information content (AvgIpc) is 3.38. The quantitative estimate of drug-likeness (QED) is 0.756. The third-order valence-electron chi connectivity index (χ3n) is 5.63. The Bertz CT molecular complexity index is 861. The molecule has 4 rings (SSSR count). The Morgan fingerprint density at radius 3 is 2.38 bits per heavy atom. The molecule has 2 fully saturated rings. The number of benzene rings is 1. The molecule has 0 aliphatic carbocycles. The van der Waals surface area contributed by atoms with E-state index in [0.29, 0.717) is 45.7 Å². The molecule has 3 heterocycles. The van der Waals surface area contributed by atoms with E-state index in [0.717, 1.165) is 10.4 Å². The standard InChI is InChI=1S/C22H25N3O3S/c26-20-13-18(16-25(20)15-17-5-2-1-3-6-17)22(28)24-10-8-23(9-11-24)21(27)14-19-7-4-12-29-19/h1-7,12,18H,8-11,13-16H2. The fourth-order valence-corrected chi connectivity index (χ4v) is 4.70. The van der Waals surface area contributed by atoms with Crippen molar-refractivity contribution in [2.24, 2.45) is 5.92 Å². The highest BCUT2D eigenvalue weighted by Gasteiger charge is 2.37. The zero-order valence-corrected chi connectivity index (χ0v) is 17.1. The van der Waals surface area contributed by atoms with Crippen molar-refractivity contribution in [3.63, 3.8) is 0 Å². The van der Waals surface area contributed by atoms with Crippen molar-refractivity contribution in [3.05, 3.63) is 58.3 Å². The van der Waals surface area contributed by atoms with Crippen LogP contribution in [0.4, 0.5) is 0 Å². The predicted octanol–water partition coefficient (Wildman–Crippen LogP) is 2.01. The van der Waals surface area contributed by atoms with E-state index in [9.17, 15) is 14.4 Å². The Hall–Kier alpha value is -2.67. The first-order chi connectivity index (χ1) is 14.1. The lowest BCUT2D eigenvalue weighted by atomic mass is 10.1. The minimum absolute atomic E-state index is 0.0389. The maximum Gasteiger partial charge on any atom is 0.228 e. The van der Waals surface area contributed by atoms with Crippen LogP contribution in [0.15, 0.2) is 47.8 Å². The number of hydrogen-bond acceptors (Lipinski definition) is 4. The van der Waals surface area contributed by atoms with E-state index >= 15 is 0 Å². The summed E-state index contributed by atoms with van der Waals surface area (Å²) in [4.78, 5) is 44.2. The van der Waals surface area contributed by atoms with Crippen LogP contribution in [0.25, 0.3) is 0 Å². The van der Waals surface area contributed by atoms with E-state index in [4.69, 9.17) is 0 Å². The normalized spacial score (nSPS) is 19.7. The molecule has 0 saturated carbocycles. The van der Waals surface area contributed by atoms with Crippen LogP contribution in [0.5, 0.6) is 0 Å². The summed E-state index contributed by atoms with van der Waals surface area (Å²) in [5, 5.41) is 1.98. The van der Waals surface area contributed by atoms with Gasteiger partial charge in [-0.05, 0) is 17.0 Å². The number of piperazine rings is 1. The number of rotatable bonds is 5. The van der Waals surface area contributed by atoms with Crippen molar-refractivity contribution in [1.82, 2.24) is 14.7 Å². The van der Waals surface area contributed by atoms with Crippen molar-refractivity contribution in [2.75, 3.05) is 32.7 Å². The summed E-state index contributed by atoms with van der Waals surface area (Å²) in [6.07, 6.45) is 0.709. The maximum absolute atomic E-state index is 12.9. The largest absolute Gasteiger partial charge is 0.339 e. The molecule has 2 saturated heterocycles. The molecule has 1 aromatic carbocycles. The molecule has 0 bridgehead atoms. The lowest BCUT2D eigenvalue weighted by Crippen LogP contribution is -2.52. The van der Waals surface area contributed by atoms with Gasteiger partial charge in [0.15, 0.2) is 0 Å². The smallest absolute Gasteiger partial charge is 0.228 e. The molecule has 2 aliphatic heterocycles. The highest BCUT2D eigenvalue weighted by molar-refractivity contribution is 7.10. The SMILES string of the molecule is O=C(Cc1cccs1)N1CCN(C(=O)C2CC(=O)N(Cc3ccccc3)C2)CC1. The van der Waals surface area contributed by atoms with Crippen molar-refractivity contribution in [2.45, 2.75) is 19.4 Å². The van der Waals surface area contributed by atoms with Gasteiger partial charge in [0.05, 0.1) is 12.3 Å². The summed E-state index contributed by atoms with van der Waals surface area (Å²) in [7, 11) is 0. The molecule has 6 nitrogen and oxygen atoms in total. The maximum atomic E-state index is 12.9. The third-order valence-corrected chi connectivity index (χ3v) is 6.51. The van der Waals surface area contributed by atoms with Gasteiger partial charge in [-0.3, -0.25) is 14.4 Å². The molecule has 2 aromatic rings. The fraction of sp³-hybridized carbons (Fsp3) is 0.409. The second kappa shape index (κ2) is 8.78. The Morgan fingerprint density at radius 2 is 1.69 bits per heavy atom. The van der Waals surface area contributed by atoms with Gasteiger partial charge in [-0.15, -0.1) is 11.3 Å². The van der Waals surface area contributed by atoms with Gasteiger partial charge in [0, 0.05) is 50.6 Å².